The van der Waals surface area contributed by atoms with E-state index in [-0.39, 0.29) is 17.7 Å². The molecule has 0 bridgehead atoms. The minimum Gasteiger partial charge on any atom is -0.393 e. The molecule has 0 amide bonds. The highest BCUT2D eigenvalue weighted by molar-refractivity contribution is 5.43. The second-order valence-electron chi connectivity index (χ2n) is 8.42. The molecule has 6 nitrogen and oxygen atoms in total. The number of benzene rings is 1. The highest BCUT2D eigenvalue weighted by Gasteiger charge is 2.24. The van der Waals surface area contributed by atoms with E-state index < -0.39 is 0 Å². The third-order valence-corrected chi connectivity index (χ3v) is 6.27. The van der Waals surface area contributed by atoms with Gasteiger partial charge in [-0.1, -0.05) is 31.2 Å². The van der Waals surface area contributed by atoms with E-state index in [9.17, 15) is 9.90 Å². The van der Waals surface area contributed by atoms with Gasteiger partial charge in [0.05, 0.1) is 24.0 Å². The van der Waals surface area contributed by atoms with Gasteiger partial charge in [0.25, 0.3) is 5.56 Å². The van der Waals surface area contributed by atoms with E-state index in [4.69, 9.17) is 0 Å². The van der Waals surface area contributed by atoms with E-state index in [0.717, 1.165) is 70.5 Å². The van der Waals surface area contributed by atoms with Gasteiger partial charge in [-0.25, -0.2) is 4.68 Å². The third-order valence-electron chi connectivity index (χ3n) is 6.27. The summed E-state index contributed by atoms with van der Waals surface area (Å²) in [5.74, 6) is 0. The van der Waals surface area contributed by atoms with Crippen molar-refractivity contribution in [2.75, 3.05) is 31.1 Å². The molecular weight excluding hydrogens is 364 g/mol. The topological polar surface area (TPSA) is 61.6 Å². The van der Waals surface area contributed by atoms with Crippen LogP contribution in [0.3, 0.4) is 0 Å². The van der Waals surface area contributed by atoms with Crippen LogP contribution in [0.1, 0.15) is 49.8 Å². The Morgan fingerprint density at radius 2 is 1.90 bits per heavy atom. The van der Waals surface area contributed by atoms with Crippen molar-refractivity contribution in [2.45, 2.75) is 57.7 Å². The van der Waals surface area contributed by atoms with Crippen molar-refractivity contribution in [2.24, 2.45) is 0 Å². The van der Waals surface area contributed by atoms with Gasteiger partial charge in [-0.2, -0.15) is 5.10 Å². The zero-order valence-corrected chi connectivity index (χ0v) is 17.3. The summed E-state index contributed by atoms with van der Waals surface area (Å²) in [6.07, 6.45) is 6.23. The van der Waals surface area contributed by atoms with E-state index in [1.54, 1.807) is 10.7 Å². The molecular formula is C23H32N4O2. The van der Waals surface area contributed by atoms with Gasteiger partial charge < -0.3 is 10.0 Å². The Hall–Kier alpha value is -2.18. The first kappa shape index (κ1) is 20.1. The molecule has 6 heteroatoms. The second kappa shape index (κ2) is 9.09. The molecule has 2 aromatic rings. The molecule has 1 N–H and O–H groups in total. The van der Waals surface area contributed by atoms with Crippen molar-refractivity contribution in [3.63, 3.8) is 0 Å². The summed E-state index contributed by atoms with van der Waals surface area (Å²) >= 11 is 0. The summed E-state index contributed by atoms with van der Waals surface area (Å²) < 4.78 is 1.68. The van der Waals surface area contributed by atoms with E-state index in [2.05, 4.69) is 46.1 Å². The van der Waals surface area contributed by atoms with Crippen LogP contribution in [0.2, 0.25) is 0 Å². The standard InChI is InChI=1S/C23H32N4O2/c1-2-18-5-3-6-19(13-18)16-25-10-4-7-20(17-25)27-23(29)14-21(15-24-27)26-11-8-22(28)9-12-26/h3,5-6,13-15,20,22,28H,2,4,7-12,16-17H2,1H3/t20-/m1/s1. The van der Waals surface area contributed by atoms with Crippen molar-refractivity contribution in [3.8, 4) is 0 Å². The fraction of sp³-hybridized carbons (Fsp3) is 0.565. The van der Waals surface area contributed by atoms with Crippen molar-refractivity contribution < 1.29 is 5.11 Å². The summed E-state index contributed by atoms with van der Waals surface area (Å²) in [4.78, 5) is 17.4. The molecule has 2 aliphatic rings. The summed E-state index contributed by atoms with van der Waals surface area (Å²) in [5, 5.41) is 14.2. The maximum atomic E-state index is 12.8. The number of aryl methyl sites for hydroxylation is 1. The number of aliphatic hydroxyl groups is 1. The SMILES string of the molecule is CCc1cccc(CN2CCC[C@@H](n3ncc(N4CCC(O)CC4)cc3=O)C2)c1. The largest absolute Gasteiger partial charge is 0.393 e. The lowest BCUT2D eigenvalue weighted by Gasteiger charge is -2.34. The summed E-state index contributed by atoms with van der Waals surface area (Å²) in [6, 6.07) is 10.6. The van der Waals surface area contributed by atoms with Gasteiger partial charge in [-0.15, -0.1) is 0 Å². The quantitative estimate of drug-likeness (QED) is 0.842. The number of hydrogen-bond donors (Lipinski definition) is 1. The summed E-state index contributed by atoms with van der Waals surface area (Å²) in [6.45, 7) is 6.59. The van der Waals surface area contributed by atoms with Gasteiger partial charge >= 0.3 is 0 Å². The average Bonchev–Trinajstić information content (AvgIpc) is 2.74. The van der Waals surface area contributed by atoms with E-state index in [1.165, 1.54) is 11.1 Å². The predicted molar refractivity (Wildman–Crippen MR) is 115 cm³/mol. The fourth-order valence-corrected chi connectivity index (χ4v) is 4.56. The number of hydrogen-bond acceptors (Lipinski definition) is 5. The van der Waals surface area contributed by atoms with Gasteiger partial charge in [0.2, 0.25) is 0 Å². The lowest BCUT2D eigenvalue weighted by atomic mass is 10.0. The van der Waals surface area contributed by atoms with Crippen molar-refractivity contribution in [3.05, 3.63) is 58.0 Å². The highest BCUT2D eigenvalue weighted by Crippen LogP contribution is 2.23. The third kappa shape index (κ3) is 4.87. The van der Waals surface area contributed by atoms with Crippen LogP contribution in [-0.2, 0) is 13.0 Å². The Bertz CT molecular complexity index is 873. The van der Waals surface area contributed by atoms with Crippen molar-refractivity contribution in [1.82, 2.24) is 14.7 Å². The molecule has 2 aliphatic heterocycles. The van der Waals surface area contributed by atoms with Crippen LogP contribution in [0.15, 0.2) is 41.3 Å². The van der Waals surface area contributed by atoms with Gasteiger partial charge in [0, 0.05) is 32.2 Å². The number of aromatic nitrogens is 2. The zero-order chi connectivity index (χ0) is 20.2. The molecule has 0 radical (unpaired) electrons. The Kier molecular flexibility index (Phi) is 6.31. The first-order valence-corrected chi connectivity index (χ1v) is 10.9. The smallest absolute Gasteiger partial charge is 0.269 e. The summed E-state index contributed by atoms with van der Waals surface area (Å²) in [7, 11) is 0. The minimum atomic E-state index is -0.217. The maximum absolute atomic E-state index is 12.8. The molecule has 2 fully saturated rings. The monoisotopic (exact) mass is 396 g/mol. The molecule has 1 aromatic carbocycles. The molecule has 29 heavy (non-hydrogen) atoms. The number of anilines is 1. The molecule has 1 atom stereocenters. The normalized spacial score (nSPS) is 21.4. The van der Waals surface area contributed by atoms with E-state index in [0.29, 0.717) is 0 Å². The predicted octanol–water partition coefficient (Wildman–Crippen LogP) is 2.60. The van der Waals surface area contributed by atoms with Crippen LogP contribution in [0.25, 0.3) is 0 Å². The zero-order valence-electron chi connectivity index (χ0n) is 17.3. The van der Waals surface area contributed by atoms with Crippen molar-refractivity contribution >= 4 is 5.69 Å². The van der Waals surface area contributed by atoms with Crippen LogP contribution in [0.5, 0.6) is 0 Å². The lowest BCUT2D eigenvalue weighted by molar-refractivity contribution is 0.145. The lowest BCUT2D eigenvalue weighted by Crippen LogP contribution is -2.41. The van der Waals surface area contributed by atoms with Gasteiger partial charge in [0.1, 0.15) is 0 Å². The van der Waals surface area contributed by atoms with Crippen LogP contribution < -0.4 is 10.5 Å². The molecule has 0 unspecified atom stereocenters. The molecule has 4 rings (SSSR count). The minimum absolute atomic E-state index is 0.0200. The van der Waals surface area contributed by atoms with Gasteiger partial charge in [-0.05, 0) is 49.8 Å². The van der Waals surface area contributed by atoms with Crippen LogP contribution in [-0.4, -0.2) is 52.1 Å². The highest BCUT2D eigenvalue weighted by atomic mass is 16.3. The first-order valence-electron chi connectivity index (χ1n) is 10.9. The number of rotatable bonds is 5. The van der Waals surface area contributed by atoms with Gasteiger partial charge in [-0.3, -0.25) is 9.69 Å². The fourth-order valence-electron chi connectivity index (χ4n) is 4.56. The number of nitrogens with zero attached hydrogens (tertiary/aromatic N) is 4. The van der Waals surface area contributed by atoms with E-state index >= 15 is 0 Å². The van der Waals surface area contributed by atoms with Crippen LogP contribution in [0, 0.1) is 0 Å². The molecule has 0 spiro atoms. The van der Waals surface area contributed by atoms with Crippen molar-refractivity contribution in [1.29, 1.82) is 0 Å². The molecule has 0 aliphatic carbocycles. The first-order chi connectivity index (χ1) is 14.1. The number of piperidine rings is 2. The Morgan fingerprint density at radius 1 is 1.10 bits per heavy atom. The van der Waals surface area contributed by atoms with Crippen LogP contribution >= 0.6 is 0 Å². The average molecular weight is 397 g/mol. The molecule has 3 heterocycles. The summed E-state index contributed by atoms with van der Waals surface area (Å²) in [5.41, 5.74) is 3.57. The Labute approximate surface area is 172 Å². The Morgan fingerprint density at radius 3 is 2.66 bits per heavy atom. The molecule has 2 saturated heterocycles. The number of likely N-dealkylation sites (tertiary alicyclic amines) is 1. The molecule has 156 valence electrons. The maximum Gasteiger partial charge on any atom is 0.269 e. The molecule has 1 aromatic heterocycles. The molecule has 0 saturated carbocycles. The number of aliphatic hydroxyl groups excluding tert-OH is 1. The van der Waals surface area contributed by atoms with Gasteiger partial charge in [0.15, 0.2) is 0 Å². The second-order valence-corrected chi connectivity index (χ2v) is 8.42. The van der Waals surface area contributed by atoms with Crippen LogP contribution in [0.4, 0.5) is 5.69 Å². The van der Waals surface area contributed by atoms with E-state index in [1.807, 2.05) is 6.20 Å². The Balaban J connectivity index is 1.43.